The third-order valence-corrected chi connectivity index (χ3v) is 4.01. The van der Waals surface area contributed by atoms with Crippen LogP contribution in [0.4, 0.5) is 13.2 Å². The van der Waals surface area contributed by atoms with Gasteiger partial charge in [-0.2, -0.15) is 13.2 Å². The first kappa shape index (κ1) is 18.7. The molecule has 1 N–H and O–H groups in total. The second-order valence-corrected chi connectivity index (χ2v) is 6.03. The highest BCUT2D eigenvalue weighted by Crippen LogP contribution is 2.29. The van der Waals surface area contributed by atoms with Gasteiger partial charge in [-0.05, 0) is 47.9 Å². The highest BCUT2D eigenvalue weighted by molar-refractivity contribution is 5.76. The minimum Gasteiger partial charge on any atom is -0.464 e. The highest BCUT2D eigenvalue weighted by Gasteiger charge is 2.29. The lowest BCUT2D eigenvalue weighted by Crippen LogP contribution is -2.23. The third kappa shape index (κ3) is 5.20. The second-order valence-electron chi connectivity index (χ2n) is 6.03. The summed E-state index contributed by atoms with van der Waals surface area (Å²) < 4.78 is 42.9. The minimum absolute atomic E-state index is 0.182. The lowest BCUT2D eigenvalue weighted by Gasteiger charge is -2.08. The van der Waals surface area contributed by atoms with Gasteiger partial charge in [0.1, 0.15) is 5.76 Å². The summed E-state index contributed by atoms with van der Waals surface area (Å²) in [5, 5.41) is 2.79. The fraction of sp³-hybridized carbons (Fsp3) is 0.200. The van der Waals surface area contributed by atoms with E-state index in [-0.39, 0.29) is 12.3 Å². The van der Waals surface area contributed by atoms with Crippen LogP contribution < -0.4 is 5.32 Å². The molecule has 27 heavy (non-hydrogen) atoms. The Hall–Kier alpha value is -3.09. The predicted molar refractivity (Wildman–Crippen MR) is 93.6 cm³/mol. The van der Waals surface area contributed by atoms with Crippen LogP contribution in [-0.4, -0.2) is 10.9 Å². The SMILES string of the molecule is O=C(CCc1ccc(C(F)(F)F)cc1)NCc1cncc(-c2ccco2)c1. The lowest BCUT2D eigenvalue weighted by atomic mass is 10.1. The molecule has 140 valence electrons. The zero-order valence-electron chi connectivity index (χ0n) is 14.3. The Morgan fingerprint density at radius 1 is 1.07 bits per heavy atom. The number of hydrogen-bond donors (Lipinski definition) is 1. The van der Waals surface area contributed by atoms with Gasteiger partial charge in [-0.1, -0.05) is 12.1 Å². The van der Waals surface area contributed by atoms with Crippen LogP contribution in [0.1, 0.15) is 23.1 Å². The molecule has 0 aliphatic heterocycles. The standard InChI is InChI=1S/C20H17F3N2O2/c21-20(22,23)17-6-3-14(4-7-17)5-8-19(26)25-12-15-10-16(13-24-11-15)18-2-1-9-27-18/h1-4,6-7,9-11,13H,5,8,12H2,(H,25,26). The first-order chi connectivity index (χ1) is 12.9. The Labute approximate surface area is 154 Å². The van der Waals surface area contributed by atoms with E-state index in [1.54, 1.807) is 24.7 Å². The third-order valence-electron chi connectivity index (χ3n) is 4.01. The van der Waals surface area contributed by atoms with Gasteiger partial charge in [0.2, 0.25) is 5.91 Å². The van der Waals surface area contributed by atoms with Crippen molar-refractivity contribution in [3.63, 3.8) is 0 Å². The Morgan fingerprint density at radius 3 is 2.52 bits per heavy atom. The highest BCUT2D eigenvalue weighted by atomic mass is 19.4. The maximum atomic E-state index is 12.5. The summed E-state index contributed by atoms with van der Waals surface area (Å²) in [5.41, 5.74) is 1.63. The van der Waals surface area contributed by atoms with Crippen LogP contribution in [0.25, 0.3) is 11.3 Å². The number of hydrogen-bond acceptors (Lipinski definition) is 3. The molecule has 2 heterocycles. The number of rotatable bonds is 6. The molecule has 3 aromatic rings. The van der Waals surface area contributed by atoms with Gasteiger partial charge in [0.25, 0.3) is 0 Å². The van der Waals surface area contributed by atoms with Gasteiger partial charge in [0.15, 0.2) is 0 Å². The molecule has 0 saturated carbocycles. The van der Waals surface area contributed by atoms with Crippen LogP contribution in [0.5, 0.6) is 0 Å². The first-order valence-electron chi connectivity index (χ1n) is 8.32. The summed E-state index contributed by atoms with van der Waals surface area (Å²) in [4.78, 5) is 16.1. The van der Waals surface area contributed by atoms with Crippen molar-refractivity contribution in [1.82, 2.24) is 10.3 Å². The van der Waals surface area contributed by atoms with Gasteiger partial charge in [-0.15, -0.1) is 0 Å². The average Bonchev–Trinajstić information content (AvgIpc) is 3.19. The molecule has 3 rings (SSSR count). The second kappa shape index (κ2) is 8.07. The molecule has 1 aromatic carbocycles. The van der Waals surface area contributed by atoms with Crippen molar-refractivity contribution in [3.05, 3.63) is 77.8 Å². The summed E-state index contributed by atoms with van der Waals surface area (Å²) in [6.45, 7) is 0.313. The van der Waals surface area contributed by atoms with E-state index in [1.165, 1.54) is 12.1 Å². The summed E-state index contributed by atoms with van der Waals surface area (Å²) in [6, 6.07) is 10.3. The van der Waals surface area contributed by atoms with Crippen LogP contribution in [0.2, 0.25) is 0 Å². The number of aryl methyl sites for hydroxylation is 1. The minimum atomic E-state index is -4.35. The number of furan rings is 1. The van der Waals surface area contributed by atoms with E-state index in [0.29, 0.717) is 24.3 Å². The molecule has 0 spiro atoms. The number of nitrogens with one attached hydrogen (secondary N) is 1. The molecule has 0 atom stereocenters. The number of aromatic nitrogens is 1. The summed E-state index contributed by atoms with van der Waals surface area (Å²) >= 11 is 0. The topological polar surface area (TPSA) is 55.1 Å². The molecule has 0 radical (unpaired) electrons. The zero-order chi connectivity index (χ0) is 19.3. The number of alkyl halides is 3. The Morgan fingerprint density at radius 2 is 1.85 bits per heavy atom. The maximum absolute atomic E-state index is 12.5. The normalized spacial score (nSPS) is 11.4. The number of halogens is 3. The molecule has 2 aromatic heterocycles. The van der Waals surface area contributed by atoms with E-state index in [0.717, 1.165) is 23.3 Å². The van der Waals surface area contributed by atoms with Crippen molar-refractivity contribution in [1.29, 1.82) is 0 Å². The van der Waals surface area contributed by atoms with E-state index < -0.39 is 11.7 Å². The van der Waals surface area contributed by atoms with Crippen molar-refractivity contribution in [3.8, 4) is 11.3 Å². The van der Waals surface area contributed by atoms with Gasteiger partial charge < -0.3 is 9.73 Å². The molecule has 0 aliphatic rings. The van der Waals surface area contributed by atoms with E-state index in [2.05, 4.69) is 10.3 Å². The number of pyridine rings is 1. The first-order valence-corrected chi connectivity index (χ1v) is 8.32. The molecule has 7 heteroatoms. The van der Waals surface area contributed by atoms with E-state index in [9.17, 15) is 18.0 Å². The summed E-state index contributed by atoms with van der Waals surface area (Å²) in [5.74, 6) is 0.510. The Balaban J connectivity index is 1.49. The fourth-order valence-corrected chi connectivity index (χ4v) is 2.57. The molecule has 0 unspecified atom stereocenters. The predicted octanol–water partition coefficient (Wildman–Crippen LogP) is 4.61. The van der Waals surface area contributed by atoms with Crippen molar-refractivity contribution < 1.29 is 22.4 Å². The monoisotopic (exact) mass is 374 g/mol. The summed E-state index contributed by atoms with van der Waals surface area (Å²) in [6.07, 6.45) is 1.11. The van der Waals surface area contributed by atoms with Gasteiger partial charge >= 0.3 is 6.18 Å². The lowest BCUT2D eigenvalue weighted by molar-refractivity contribution is -0.137. The maximum Gasteiger partial charge on any atom is 0.416 e. The Kier molecular flexibility index (Phi) is 5.59. The molecule has 4 nitrogen and oxygen atoms in total. The molecular weight excluding hydrogens is 357 g/mol. The van der Waals surface area contributed by atoms with Crippen molar-refractivity contribution in [2.75, 3.05) is 0 Å². The van der Waals surface area contributed by atoms with E-state index in [1.807, 2.05) is 12.1 Å². The fourth-order valence-electron chi connectivity index (χ4n) is 2.57. The smallest absolute Gasteiger partial charge is 0.416 e. The van der Waals surface area contributed by atoms with E-state index >= 15 is 0 Å². The van der Waals surface area contributed by atoms with Gasteiger partial charge in [0.05, 0.1) is 11.8 Å². The average molecular weight is 374 g/mol. The van der Waals surface area contributed by atoms with E-state index in [4.69, 9.17) is 4.42 Å². The summed E-state index contributed by atoms with van der Waals surface area (Å²) in [7, 11) is 0. The van der Waals surface area contributed by atoms with Crippen molar-refractivity contribution in [2.24, 2.45) is 0 Å². The van der Waals surface area contributed by atoms with Crippen LogP contribution in [0, 0.1) is 0 Å². The Bertz CT molecular complexity index is 888. The van der Waals surface area contributed by atoms with Crippen LogP contribution in [-0.2, 0) is 23.9 Å². The number of nitrogens with zero attached hydrogens (tertiary/aromatic N) is 1. The number of carbonyl (C=O) groups is 1. The molecule has 0 fully saturated rings. The molecule has 0 aliphatic carbocycles. The van der Waals surface area contributed by atoms with Crippen molar-refractivity contribution >= 4 is 5.91 Å². The number of benzene rings is 1. The van der Waals surface area contributed by atoms with Gasteiger partial charge in [-0.25, -0.2) is 0 Å². The molecule has 0 saturated heterocycles. The zero-order valence-corrected chi connectivity index (χ0v) is 14.3. The van der Waals surface area contributed by atoms with Crippen LogP contribution >= 0.6 is 0 Å². The number of carbonyl (C=O) groups excluding carboxylic acids is 1. The van der Waals surface area contributed by atoms with Gasteiger partial charge in [-0.3, -0.25) is 9.78 Å². The van der Waals surface area contributed by atoms with Crippen molar-refractivity contribution in [2.45, 2.75) is 25.6 Å². The quantitative estimate of drug-likeness (QED) is 0.686. The largest absolute Gasteiger partial charge is 0.464 e. The van der Waals surface area contributed by atoms with Crippen LogP contribution in [0.3, 0.4) is 0 Å². The van der Waals surface area contributed by atoms with Gasteiger partial charge in [0, 0.05) is 30.9 Å². The molecular formula is C20H17F3N2O2. The number of amides is 1. The van der Waals surface area contributed by atoms with Crippen LogP contribution in [0.15, 0.2) is 65.5 Å². The molecule has 1 amide bonds. The molecule has 0 bridgehead atoms.